The second kappa shape index (κ2) is 2.40. The average molecular weight is 156 g/mol. The third kappa shape index (κ3) is 1.55. The number of hydrogen-bond donors (Lipinski definition) is 1. The van der Waals surface area contributed by atoms with Crippen LogP contribution in [0.1, 0.15) is 0 Å². The molecule has 0 aliphatic rings. The summed E-state index contributed by atoms with van der Waals surface area (Å²) in [7, 11) is -2.61. The molecule has 3 nitrogen and oxygen atoms in total. The van der Waals surface area contributed by atoms with E-state index in [0.717, 1.165) is 0 Å². The molecule has 1 unspecified atom stereocenters. The van der Waals surface area contributed by atoms with Crippen LogP contribution >= 0.6 is 0 Å². The second-order valence-corrected chi connectivity index (χ2v) is 3.77. The minimum Gasteiger partial charge on any atom is -0.254 e. The maximum atomic E-state index is 11.0. The Balaban J connectivity index is 3.22. The second-order valence-electron chi connectivity index (χ2n) is 1.89. The van der Waals surface area contributed by atoms with Crippen molar-refractivity contribution >= 4 is 15.6 Å². The summed E-state index contributed by atoms with van der Waals surface area (Å²) in [5.41, 5.74) is 0. The fraction of sp³-hybridized carbons (Fsp3) is 0. The van der Waals surface area contributed by atoms with Gasteiger partial charge in [0.05, 0.1) is 9.71 Å². The van der Waals surface area contributed by atoms with Crippen LogP contribution in [0.15, 0.2) is 29.4 Å². The van der Waals surface area contributed by atoms with Crippen molar-refractivity contribution in [1.29, 1.82) is 0 Å². The van der Waals surface area contributed by atoms with E-state index in [2.05, 4.69) is 10.9 Å². The highest BCUT2D eigenvalue weighted by atomic mass is 32.2. The first-order valence-corrected chi connectivity index (χ1v) is 4.46. The minimum absolute atomic E-state index is 0.343. The highest BCUT2D eigenvalue weighted by Crippen LogP contribution is 1.98. The van der Waals surface area contributed by atoms with E-state index in [1.165, 1.54) is 6.20 Å². The van der Waals surface area contributed by atoms with Gasteiger partial charge in [-0.1, -0.05) is 6.07 Å². The van der Waals surface area contributed by atoms with Gasteiger partial charge < -0.3 is 0 Å². The van der Waals surface area contributed by atoms with Gasteiger partial charge in [0, 0.05) is 6.20 Å². The van der Waals surface area contributed by atoms with Crippen molar-refractivity contribution in [2.45, 2.75) is 5.03 Å². The van der Waals surface area contributed by atoms with Gasteiger partial charge >= 0.3 is 0 Å². The van der Waals surface area contributed by atoms with Crippen LogP contribution in [0.4, 0.5) is 0 Å². The molecule has 0 fully saturated rings. The quantitative estimate of drug-likeness (QED) is 0.583. The summed E-state index contributed by atoms with van der Waals surface area (Å²) in [6.07, 6.45) is 1.53. The van der Waals surface area contributed by atoms with Crippen LogP contribution in [0.25, 0.3) is 0 Å². The van der Waals surface area contributed by atoms with E-state index in [1.807, 2.05) is 0 Å². The Labute approximate surface area is 60.0 Å². The van der Waals surface area contributed by atoms with Crippen molar-refractivity contribution in [1.82, 2.24) is 4.98 Å². The summed E-state index contributed by atoms with van der Waals surface area (Å²) >= 11 is 0. The van der Waals surface area contributed by atoms with Gasteiger partial charge in [-0.3, -0.25) is 5.14 Å². The monoisotopic (exact) mass is 156 g/mol. The van der Waals surface area contributed by atoms with Gasteiger partial charge in [-0.2, -0.15) is 0 Å². The molecule has 4 heteroatoms. The molecule has 1 aromatic rings. The predicted octanol–water partition coefficient (Wildman–Crippen LogP) is 0.0306. The molecular formula is C6H8N2OS. The normalized spacial score (nSPS) is 16.1. The summed E-state index contributed by atoms with van der Waals surface area (Å²) in [6.45, 7) is 0. The SMILES string of the molecule is C=S(N)(=O)c1ccccn1. The van der Waals surface area contributed by atoms with E-state index in [1.54, 1.807) is 18.2 Å². The Morgan fingerprint density at radius 3 is 2.60 bits per heavy atom. The van der Waals surface area contributed by atoms with Crippen molar-refractivity contribution in [3.63, 3.8) is 0 Å². The lowest BCUT2D eigenvalue weighted by Gasteiger charge is -1.97. The Kier molecular flexibility index (Phi) is 1.74. The number of hydrogen-bond acceptors (Lipinski definition) is 2. The van der Waals surface area contributed by atoms with E-state index in [4.69, 9.17) is 5.14 Å². The Hall–Kier alpha value is -0.870. The molecule has 0 aromatic carbocycles. The molecule has 0 aliphatic carbocycles. The number of nitrogens with two attached hydrogens (primary N) is 1. The lowest BCUT2D eigenvalue weighted by molar-refractivity contribution is 0.679. The third-order valence-electron chi connectivity index (χ3n) is 0.992. The zero-order chi connectivity index (χ0) is 7.61. The fourth-order valence-electron chi connectivity index (χ4n) is 0.551. The molecule has 0 saturated heterocycles. The first-order valence-electron chi connectivity index (χ1n) is 2.67. The maximum Gasteiger partial charge on any atom is 0.132 e. The number of nitrogens with zero attached hydrogens (tertiary/aromatic N) is 1. The van der Waals surface area contributed by atoms with Gasteiger partial charge in [-0.05, 0) is 18.0 Å². The molecule has 0 spiro atoms. The Bertz CT molecular complexity index is 304. The first kappa shape index (κ1) is 7.24. The van der Waals surface area contributed by atoms with Crippen molar-refractivity contribution < 1.29 is 4.21 Å². The van der Waals surface area contributed by atoms with E-state index in [9.17, 15) is 4.21 Å². The van der Waals surface area contributed by atoms with Crippen molar-refractivity contribution in [3.05, 3.63) is 24.4 Å². The molecule has 2 N–H and O–H groups in total. The first-order chi connectivity index (χ1) is 4.61. The van der Waals surface area contributed by atoms with Gasteiger partial charge in [0.2, 0.25) is 0 Å². The average Bonchev–Trinajstić information content (AvgIpc) is 1.88. The predicted molar refractivity (Wildman–Crippen MR) is 42.0 cm³/mol. The molecular weight excluding hydrogens is 148 g/mol. The molecule has 1 aromatic heterocycles. The third-order valence-corrected chi connectivity index (χ3v) is 1.94. The highest BCUT2D eigenvalue weighted by Gasteiger charge is 1.98. The van der Waals surface area contributed by atoms with Gasteiger partial charge in [0.25, 0.3) is 0 Å². The summed E-state index contributed by atoms with van der Waals surface area (Å²) in [5.74, 6) is 3.28. The summed E-state index contributed by atoms with van der Waals surface area (Å²) in [4.78, 5) is 3.79. The van der Waals surface area contributed by atoms with Crippen LogP contribution in [0.2, 0.25) is 0 Å². The molecule has 0 saturated carbocycles. The molecule has 0 bridgehead atoms. The minimum atomic E-state index is -2.61. The van der Waals surface area contributed by atoms with Gasteiger partial charge in [-0.25, -0.2) is 9.19 Å². The summed E-state index contributed by atoms with van der Waals surface area (Å²) in [6, 6.07) is 5.05. The summed E-state index contributed by atoms with van der Waals surface area (Å²) in [5, 5.41) is 5.55. The van der Waals surface area contributed by atoms with E-state index < -0.39 is 9.71 Å². The highest BCUT2D eigenvalue weighted by molar-refractivity contribution is 7.98. The molecule has 1 rings (SSSR count). The number of pyridine rings is 1. The Morgan fingerprint density at radius 2 is 2.30 bits per heavy atom. The van der Waals surface area contributed by atoms with Crippen molar-refractivity contribution in [3.8, 4) is 0 Å². The largest absolute Gasteiger partial charge is 0.254 e. The number of rotatable bonds is 1. The molecule has 0 aliphatic heterocycles. The van der Waals surface area contributed by atoms with Crippen LogP contribution in [0.5, 0.6) is 0 Å². The lowest BCUT2D eigenvalue weighted by atomic mass is 10.5. The molecule has 10 heavy (non-hydrogen) atoms. The number of aromatic nitrogens is 1. The van der Waals surface area contributed by atoms with E-state index in [-0.39, 0.29) is 0 Å². The fourth-order valence-corrected chi connectivity index (χ4v) is 1.10. The molecule has 54 valence electrons. The smallest absolute Gasteiger partial charge is 0.132 e. The zero-order valence-electron chi connectivity index (χ0n) is 5.36. The molecule has 0 amide bonds. The van der Waals surface area contributed by atoms with Gasteiger partial charge in [0.15, 0.2) is 0 Å². The maximum absolute atomic E-state index is 11.0. The standard InChI is InChI=1S/C6H8N2OS/c1-10(7,9)6-4-2-3-5-8-6/h2-5H,1H2,(H2,7,9). The van der Waals surface area contributed by atoms with Crippen LogP contribution < -0.4 is 5.14 Å². The topological polar surface area (TPSA) is 56.0 Å². The van der Waals surface area contributed by atoms with Crippen LogP contribution in [0.3, 0.4) is 0 Å². The van der Waals surface area contributed by atoms with Crippen LogP contribution in [-0.4, -0.2) is 15.1 Å². The zero-order valence-corrected chi connectivity index (χ0v) is 6.17. The lowest BCUT2D eigenvalue weighted by Crippen LogP contribution is -2.12. The van der Waals surface area contributed by atoms with E-state index in [0.29, 0.717) is 5.03 Å². The van der Waals surface area contributed by atoms with Gasteiger partial charge in [-0.15, -0.1) is 0 Å². The molecule has 1 heterocycles. The molecule has 1 atom stereocenters. The van der Waals surface area contributed by atoms with Gasteiger partial charge in [0.1, 0.15) is 5.03 Å². The van der Waals surface area contributed by atoms with Crippen LogP contribution in [0, 0.1) is 0 Å². The van der Waals surface area contributed by atoms with Crippen molar-refractivity contribution in [2.24, 2.45) is 5.14 Å². The van der Waals surface area contributed by atoms with Crippen molar-refractivity contribution in [2.75, 3.05) is 0 Å². The summed E-state index contributed by atoms with van der Waals surface area (Å²) < 4.78 is 11.0. The van der Waals surface area contributed by atoms with E-state index >= 15 is 0 Å². The Morgan fingerprint density at radius 1 is 1.60 bits per heavy atom. The molecule has 0 radical (unpaired) electrons. The van der Waals surface area contributed by atoms with Crippen LogP contribution in [-0.2, 0) is 9.71 Å².